The molecule has 0 radical (unpaired) electrons. The van der Waals surface area contributed by atoms with Crippen LogP contribution in [0.15, 0.2) is 88.7 Å². The van der Waals surface area contributed by atoms with Gasteiger partial charge in [-0.25, -0.2) is 13.2 Å². The number of benzene rings is 3. The molecule has 0 aromatic heterocycles. The molecular weight excluding hydrogens is 394 g/mol. The molecule has 0 saturated carbocycles. The number of methoxy groups -OCH3 is 1. The van der Waals surface area contributed by atoms with Crippen LogP contribution in [0.1, 0.15) is 15.9 Å². The molecule has 3 aromatic rings. The third kappa shape index (κ3) is 5.37. The van der Waals surface area contributed by atoms with E-state index in [1.165, 1.54) is 18.9 Å². The lowest BCUT2D eigenvalue weighted by Crippen LogP contribution is -2.15. The molecule has 0 amide bonds. The first-order valence-corrected chi connectivity index (χ1v) is 10.9. The molecule has 1 N–H and O–H groups in total. The molecular formula is C21H19NO4S2. The number of hydrogen-bond donors (Lipinski definition) is 1. The minimum absolute atomic E-state index is 0.196. The molecule has 7 heteroatoms. The molecule has 0 aliphatic carbocycles. The fourth-order valence-electron chi connectivity index (χ4n) is 2.53. The number of rotatable bonds is 7. The average molecular weight is 414 g/mol. The van der Waals surface area contributed by atoms with Crippen LogP contribution >= 0.6 is 11.8 Å². The summed E-state index contributed by atoms with van der Waals surface area (Å²) in [4.78, 5) is 13.3. The van der Waals surface area contributed by atoms with Crippen molar-refractivity contribution < 1.29 is 17.9 Å². The van der Waals surface area contributed by atoms with Crippen LogP contribution in [-0.4, -0.2) is 21.5 Å². The second kappa shape index (κ2) is 8.95. The van der Waals surface area contributed by atoms with Gasteiger partial charge in [0.05, 0.1) is 24.1 Å². The highest BCUT2D eigenvalue weighted by Crippen LogP contribution is 2.33. The van der Waals surface area contributed by atoms with Crippen molar-refractivity contribution in [1.82, 2.24) is 0 Å². The smallest absolute Gasteiger partial charge is 0.337 e. The second-order valence-electron chi connectivity index (χ2n) is 5.96. The van der Waals surface area contributed by atoms with Crippen LogP contribution in [0.4, 0.5) is 5.69 Å². The van der Waals surface area contributed by atoms with Crippen LogP contribution in [0, 0.1) is 0 Å². The lowest BCUT2D eigenvalue weighted by atomic mass is 10.1. The molecule has 144 valence electrons. The van der Waals surface area contributed by atoms with Gasteiger partial charge in [-0.15, -0.1) is 0 Å². The SMILES string of the molecule is COC(=O)c1ccc(CS(=O)(=O)Nc2ccccc2Sc2ccccc2)cc1. The zero-order valence-electron chi connectivity index (χ0n) is 15.2. The third-order valence-electron chi connectivity index (χ3n) is 3.86. The van der Waals surface area contributed by atoms with E-state index in [1.54, 1.807) is 36.4 Å². The van der Waals surface area contributed by atoms with Crippen molar-refractivity contribution in [2.75, 3.05) is 11.8 Å². The maximum atomic E-state index is 12.6. The molecule has 28 heavy (non-hydrogen) atoms. The normalized spacial score (nSPS) is 11.0. The van der Waals surface area contributed by atoms with E-state index in [9.17, 15) is 13.2 Å². The van der Waals surface area contributed by atoms with Gasteiger partial charge in [-0.1, -0.05) is 54.2 Å². The number of nitrogens with one attached hydrogen (secondary N) is 1. The fraction of sp³-hybridized carbons (Fsp3) is 0.0952. The van der Waals surface area contributed by atoms with Gasteiger partial charge in [-0.3, -0.25) is 4.72 Å². The fourth-order valence-corrected chi connectivity index (χ4v) is 4.74. The Bertz CT molecular complexity index is 1050. The van der Waals surface area contributed by atoms with Crippen LogP contribution in [0.2, 0.25) is 0 Å². The van der Waals surface area contributed by atoms with Gasteiger partial charge in [0.25, 0.3) is 0 Å². The molecule has 0 atom stereocenters. The molecule has 0 spiro atoms. The highest BCUT2D eigenvalue weighted by atomic mass is 32.2. The Labute approximate surface area is 168 Å². The van der Waals surface area contributed by atoms with Gasteiger partial charge in [0.15, 0.2) is 0 Å². The van der Waals surface area contributed by atoms with E-state index in [-0.39, 0.29) is 5.75 Å². The Morgan fingerprint density at radius 3 is 2.25 bits per heavy atom. The number of esters is 1. The van der Waals surface area contributed by atoms with Crippen molar-refractivity contribution in [3.8, 4) is 0 Å². The number of anilines is 1. The third-order valence-corrected chi connectivity index (χ3v) is 6.18. The van der Waals surface area contributed by atoms with Gasteiger partial charge >= 0.3 is 5.97 Å². The monoisotopic (exact) mass is 413 g/mol. The van der Waals surface area contributed by atoms with E-state index < -0.39 is 16.0 Å². The lowest BCUT2D eigenvalue weighted by molar-refractivity contribution is 0.0600. The zero-order valence-corrected chi connectivity index (χ0v) is 16.8. The van der Waals surface area contributed by atoms with Gasteiger partial charge in [0.1, 0.15) is 0 Å². The second-order valence-corrected chi connectivity index (χ2v) is 8.80. The van der Waals surface area contributed by atoms with Gasteiger partial charge in [-0.05, 0) is 42.0 Å². The van der Waals surface area contributed by atoms with Gasteiger partial charge in [0.2, 0.25) is 10.0 Å². The summed E-state index contributed by atoms with van der Waals surface area (Å²) in [5.41, 5.74) is 1.48. The first-order chi connectivity index (χ1) is 13.5. The van der Waals surface area contributed by atoms with Crippen molar-refractivity contribution in [2.24, 2.45) is 0 Å². The molecule has 0 saturated heterocycles. The van der Waals surface area contributed by atoms with Crippen molar-refractivity contribution in [1.29, 1.82) is 0 Å². The first kappa shape index (κ1) is 20.0. The van der Waals surface area contributed by atoms with Crippen molar-refractivity contribution in [3.05, 3.63) is 90.0 Å². The molecule has 0 aliphatic rings. The Balaban J connectivity index is 1.75. The van der Waals surface area contributed by atoms with E-state index in [4.69, 9.17) is 0 Å². The molecule has 0 bridgehead atoms. The van der Waals surface area contributed by atoms with E-state index >= 15 is 0 Å². The van der Waals surface area contributed by atoms with Crippen LogP contribution in [-0.2, 0) is 20.5 Å². The Morgan fingerprint density at radius 2 is 1.57 bits per heavy atom. The summed E-state index contributed by atoms with van der Waals surface area (Å²) in [5, 5.41) is 0. The summed E-state index contributed by atoms with van der Waals surface area (Å²) in [6.07, 6.45) is 0. The summed E-state index contributed by atoms with van der Waals surface area (Å²) in [5.74, 6) is -0.655. The Kier molecular flexibility index (Phi) is 6.38. The summed E-state index contributed by atoms with van der Waals surface area (Å²) in [7, 11) is -2.32. The maximum Gasteiger partial charge on any atom is 0.337 e. The van der Waals surface area contributed by atoms with Crippen molar-refractivity contribution in [2.45, 2.75) is 15.5 Å². The van der Waals surface area contributed by atoms with Crippen molar-refractivity contribution >= 4 is 33.4 Å². The van der Waals surface area contributed by atoms with Crippen LogP contribution in [0.3, 0.4) is 0 Å². The largest absolute Gasteiger partial charge is 0.465 e. The summed E-state index contributed by atoms with van der Waals surface area (Å²) in [6, 6.07) is 23.3. The first-order valence-electron chi connectivity index (χ1n) is 8.46. The molecule has 0 aliphatic heterocycles. The topological polar surface area (TPSA) is 72.5 Å². The van der Waals surface area contributed by atoms with Crippen LogP contribution in [0.25, 0.3) is 0 Å². The number of hydrogen-bond acceptors (Lipinski definition) is 5. The number of sulfonamides is 1. The number of para-hydroxylation sites is 1. The number of carbonyl (C=O) groups is 1. The van der Waals surface area contributed by atoms with E-state index in [1.807, 2.05) is 42.5 Å². The molecule has 0 heterocycles. The van der Waals surface area contributed by atoms with E-state index in [2.05, 4.69) is 9.46 Å². The quantitative estimate of drug-likeness (QED) is 0.575. The van der Waals surface area contributed by atoms with E-state index in [0.29, 0.717) is 16.8 Å². The zero-order chi connectivity index (χ0) is 20.0. The van der Waals surface area contributed by atoms with Gasteiger partial charge < -0.3 is 4.74 Å². The minimum atomic E-state index is -3.62. The maximum absolute atomic E-state index is 12.6. The summed E-state index contributed by atoms with van der Waals surface area (Å²) < 4.78 is 32.6. The molecule has 3 aromatic carbocycles. The highest BCUT2D eigenvalue weighted by molar-refractivity contribution is 7.99. The minimum Gasteiger partial charge on any atom is -0.465 e. The lowest BCUT2D eigenvalue weighted by Gasteiger charge is -2.12. The summed E-state index contributed by atoms with van der Waals surface area (Å²) >= 11 is 1.49. The predicted molar refractivity (Wildman–Crippen MR) is 111 cm³/mol. The number of carbonyl (C=O) groups excluding carboxylic acids is 1. The Morgan fingerprint density at radius 1 is 0.929 bits per heavy atom. The molecule has 3 rings (SSSR count). The van der Waals surface area contributed by atoms with E-state index in [0.717, 1.165) is 9.79 Å². The number of ether oxygens (including phenoxy) is 1. The van der Waals surface area contributed by atoms with Crippen LogP contribution < -0.4 is 4.72 Å². The predicted octanol–water partition coefficient (Wildman–Crippen LogP) is 4.57. The van der Waals surface area contributed by atoms with Crippen LogP contribution in [0.5, 0.6) is 0 Å². The van der Waals surface area contributed by atoms with Gasteiger partial charge in [0, 0.05) is 9.79 Å². The molecule has 0 unspecified atom stereocenters. The standard InChI is InChI=1S/C21H19NO4S2/c1-26-21(23)17-13-11-16(12-14-17)15-28(24,25)22-19-9-5-6-10-20(19)27-18-7-3-2-4-8-18/h2-14,22H,15H2,1H3. The highest BCUT2D eigenvalue weighted by Gasteiger charge is 2.15. The molecule has 5 nitrogen and oxygen atoms in total. The summed E-state index contributed by atoms with van der Waals surface area (Å²) in [6.45, 7) is 0. The Hall–Kier alpha value is -2.77. The average Bonchev–Trinajstić information content (AvgIpc) is 2.70. The molecule has 0 fully saturated rings. The van der Waals surface area contributed by atoms with Gasteiger partial charge in [-0.2, -0.15) is 0 Å². The van der Waals surface area contributed by atoms with Crippen molar-refractivity contribution in [3.63, 3.8) is 0 Å².